The van der Waals surface area contributed by atoms with Gasteiger partial charge >= 0.3 is 6.36 Å². The molecule has 2 amide bonds. The number of nitrogens with zero attached hydrogens (tertiary/aromatic N) is 2. The third-order valence-corrected chi connectivity index (χ3v) is 6.05. The Morgan fingerprint density at radius 2 is 1.79 bits per heavy atom. The summed E-state index contributed by atoms with van der Waals surface area (Å²) in [5.41, 5.74) is 6.29. The molecule has 5 N–H and O–H groups in total. The average Bonchev–Trinajstić information content (AvgIpc) is 2.92. The van der Waals surface area contributed by atoms with Gasteiger partial charge in [0.15, 0.2) is 5.82 Å². The molecule has 214 valence electrons. The number of rotatable bonds is 7. The van der Waals surface area contributed by atoms with Crippen molar-refractivity contribution in [1.29, 1.82) is 5.26 Å². The molecule has 0 bridgehead atoms. The zero-order valence-corrected chi connectivity index (χ0v) is 22.4. The van der Waals surface area contributed by atoms with E-state index in [-0.39, 0.29) is 39.0 Å². The molecule has 0 aliphatic heterocycles. The summed E-state index contributed by atoms with van der Waals surface area (Å²) in [6, 6.07) is 17.9. The van der Waals surface area contributed by atoms with E-state index in [0.717, 1.165) is 12.1 Å². The van der Waals surface area contributed by atoms with Crippen molar-refractivity contribution in [3.63, 3.8) is 0 Å². The maximum atomic E-state index is 13.2. The number of ether oxygens (including phenoxy) is 1. The molecule has 0 saturated heterocycles. The Labute approximate surface area is 242 Å². The number of para-hydroxylation sites is 1. The van der Waals surface area contributed by atoms with Crippen LogP contribution in [-0.2, 0) is 4.79 Å². The van der Waals surface area contributed by atoms with E-state index in [9.17, 15) is 33.1 Å². The number of carbonyl (C=O) groups is 2. The number of amides is 2. The molecule has 9 nitrogen and oxygen atoms in total. The van der Waals surface area contributed by atoms with Crippen LogP contribution >= 0.6 is 11.6 Å². The summed E-state index contributed by atoms with van der Waals surface area (Å²) >= 11 is 5.97. The second kappa shape index (κ2) is 12.2. The van der Waals surface area contributed by atoms with Gasteiger partial charge in [0, 0.05) is 21.8 Å². The van der Waals surface area contributed by atoms with Gasteiger partial charge in [-0.1, -0.05) is 35.9 Å². The lowest BCUT2D eigenvalue weighted by molar-refractivity contribution is -0.274. The highest BCUT2D eigenvalue weighted by molar-refractivity contribution is 6.30. The smallest absolute Gasteiger partial charge is 0.507 e. The Morgan fingerprint density at radius 1 is 1.05 bits per heavy atom. The number of anilines is 2. The first-order chi connectivity index (χ1) is 19.9. The van der Waals surface area contributed by atoms with Crippen molar-refractivity contribution in [3.05, 3.63) is 88.9 Å². The highest BCUT2D eigenvalue weighted by atomic mass is 35.5. The van der Waals surface area contributed by atoms with E-state index in [2.05, 4.69) is 20.4 Å². The number of hydrogen-bond donors (Lipinski definition) is 4. The minimum Gasteiger partial charge on any atom is -0.507 e. The second-order valence-electron chi connectivity index (χ2n) is 8.91. The number of pyridine rings is 1. The van der Waals surface area contributed by atoms with E-state index in [1.165, 1.54) is 43.3 Å². The van der Waals surface area contributed by atoms with Gasteiger partial charge in [-0.05, 0) is 61.0 Å². The predicted molar refractivity (Wildman–Crippen MR) is 150 cm³/mol. The quantitative estimate of drug-likeness (QED) is 0.202. The van der Waals surface area contributed by atoms with Crippen molar-refractivity contribution in [2.75, 3.05) is 10.6 Å². The van der Waals surface area contributed by atoms with E-state index in [1.807, 2.05) is 6.07 Å². The molecule has 42 heavy (non-hydrogen) atoms. The van der Waals surface area contributed by atoms with Crippen molar-refractivity contribution in [2.24, 2.45) is 5.73 Å². The molecule has 0 aliphatic rings. The fraction of sp³-hybridized carbons (Fsp3) is 0.103. The first-order valence-corrected chi connectivity index (χ1v) is 12.5. The molecule has 4 rings (SSSR count). The van der Waals surface area contributed by atoms with E-state index >= 15 is 0 Å². The number of aromatic hydroxyl groups is 1. The molecule has 0 saturated carbocycles. The van der Waals surface area contributed by atoms with Gasteiger partial charge in [-0.25, -0.2) is 4.98 Å². The minimum atomic E-state index is -5.06. The highest BCUT2D eigenvalue weighted by Gasteiger charge is 2.33. The largest absolute Gasteiger partial charge is 0.573 e. The number of halogens is 4. The lowest BCUT2D eigenvalue weighted by Crippen LogP contribution is -2.32. The number of hydrogen-bond acceptors (Lipinski definition) is 7. The van der Waals surface area contributed by atoms with Crippen molar-refractivity contribution in [1.82, 2.24) is 4.98 Å². The van der Waals surface area contributed by atoms with Crippen LogP contribution in [0.5, 0.6) is 11.5 Å². The standard InChI is InChI=1S/C29H21ClF3N5O4/c1-15(35)27(40)36-18-6-4-5-16(11-18)21-13-23(19-10-9-17(30)12-24(19)39)37-26(22(21)14-34)38-28(41)20-7-2-3-8-25(20)42-29(31,32)33/h2-13,15,39H,35H2,1H3,(H,36,40)(H,37,38,41). The van der Waals surface area contributed by atoms with Gasteiger partial charge in [-0.15, -0.1) is 13.2 Å². The molecule has 1 unspecified atom stereocenters. The molecule has 1 aromatic heterocycles. The number of nitrogens with two attached hydrogens (primary N) is 1. The van der Waals surface area contributed by atoms with Crippen LogP contribution in [0.1, 0.15) is 22.8 Å². The molecule has 0 spiro atoms. The van der Waals surface area contributed by atoms with Crippen molar-refractivity contribution in [3.8, 4) is 40.0 Å². The van der Waals surface area contributed by atoms with Gasteiger partial charge < -0.3 is 26.2 Å². The van der Waals surface area contributed by atoms with Crippen molar-refractivity contribution >= 4 is 34.9 Å². The first-order valence-electron chi connectivity index (χ1n) is 12.1. The van der Waals surface area contributed by atoms with Crippen LogP contribution in [0.3, 0.4) is 0 Å². The Kier molecular flexibility index (Phi) is 8.65. The van der Waals surface area contributed by atoms with Crippen LogP contribution < -0.4 is 21.1 Å². The first kappa shape index (κ1) is 29.9. The van der Waals surface area contributed by atoms with Gasteiger partial charge in [0.1, 0.15) is 23.1 Å². The molecule has 1 atom stereocenters. The van der Waals surface area contributed by atoms with Crippen LogP contribution in [0.2, 0.25) is 5.02 Å². The van der Waals surface area contributed by atoms with Gasteiger partial charge in [0.05, 0.1) is 17.3 Å². The zero-order chi connectivity index (χ0) is 30.6. The minimum absolute atomic E-state index is 0.0957. The topological polar surface area (TPSA) is 150 Å². The lowest BCUT2D eigenvalue weighted by Gasteiger charge is -2.16. The maximum absolute atomic E-state index is 13.2. The predicted octanol–water partition coefficient (Wildman–Crippen LogP) is 6.08. The van der Waals surface area contributed by atoms with Crippen LogP contribution in [0.15, 0.2) is 72.8 Å². The molecular weight excluding hydrogens is 575 g/mol. The summed E-state index contributed by atoms with van der Waals surface area (Å²) < 4.78 is 42.9. The van der Waals surface area contributed by atoms with E-state index < -0.39 is 35.5 Å². The fourth-order valence-corrected chi connectivity index (χ4v) is 4.07. The van der Waals surface area contributed by atoms with E-state index in [1.54, 1.807) is 24.3 Å². The molecular formula is C29H21ClF3N5O4. The summed E-state index contributed by atoms with van der Waals surface area (Å²) in [7, 11) is 0. The number of nitrogens with one attached hydrogen (secondary N) is 2. The maximum Gasteiger partial charge on any atom is 0.573 e. The Morgan fingerprint density at radius 3 is 2.45 bits per heavy atom. The van der Waals surface area contributed by atoms with Crippen LogP contribution in [0, 0.1) is 11.3 Å². The van der Waals surface area contributed by atoms with Gasteiger partial charge in [0.2, 0.25) is 5.91 Å². The third-order valence-electron chi connectivity index (χ3n) is 5.81. The zero-order valence-electron chi connectivity index (χ0n) is 21.7. The molecule has 13 heteroatoms. The molecule has 4 aromatic rings. The molecule has 0 fully saturated rings. The summed E-state index contributed by atoms with van der Waals surface area (Å²) in [4.78, 5) is 29.7. The van der Waals surface area contributed by atoms with E-state index in [0.29, 0.717) is 11.3 Å². The number of nitriles is 1. The van der Waals surface area contributed by atoms with Crippen LogP contribution in [0.4, 0.5) is 24.7 Å². The Balaban J connectivity index is 1.87. The monoisotopic (exact) mass is 595 g/mol. The number of benzene rings is 3. The number of phenols is 1. The Bertz CT molecular complexity index is 1720. The summed E-state index contributed by atoms with van der Waals surface area (Å²) in [6.07, 6.45) is -5.06. The van der Waals surface area contributed by atoms with Gasteiger partial charge in [-0.3, -0.25) is 9.59 Å². The number of aromatic nitrogens is 1. The fourth-order valence-electron chi connectivity index (χ4n) is 3.90. The Hall–Kier alpha value is -5.12. The van der Waals surface area contributed by atoms with Crippen LogP contribution in [0.25, 0.3) is 22.4 Å². The van der Waals surface area contributed by atoms with Crippen molar-refractivity contribution < 1.29 is 32.6 Å². The summed E-state index contributed by atoms with van der Waals surface area (Å²) in [5, 5.41) is 26.0. The van der Waals surface area contributed by atoms with Crippen molar-refractivity contribution in [2.45, 2.75) is 19.3 Å². The number of alkyl halides is 3. The highest BCUT2D eigenvalue weighted by Crippen LogP contribution is 2.37. The summed E-state index contributed by atoms with van der Waals surface area (Å²) in [6.45, 7) is 1.51. The SMILES string of the molecule is CC(N)C(=O)Nc1cccc(-c2cc(-c3ccc(Cl)cc3O)nc(NC(=O)c3ccccc3OC(F)(F)F)c2C#N)c1. The number of phenolic OH excluding ortho intramolecular Hbond substituents is 1. The number of carbonyl (C=O) groups excluding carboxylic acids is 2. The average molecular weight is 596 g/mol. The van der Waals surface area contributed by atoms with Crippen LogP contribution in [-0.4, -0.2) is 34.3 Å². The normalized spacial score (nSPS) is 11.7. The van der Waals surface area contributed by atoms with E-state index in [4.69, 9.17) is 17.3 Å². The van der Waals surface area contributed by atoms with Gasteiger partial charge in [-0.2, -0.15) is 5.26 Å². The second-order valence-corrected chi connectivity index (χ2v) is 9.35. The lowest BCUT2D eigenvalue weighted by atomic mass is 9.97. The molecule has 1 heterocycles. The molecule has 0 aliphatic carbocycles. The molecule has 3 aromatic carbocycles. The third kappa shape index (κ3) is 6.95. The van der Waals surface area contributed by atoms with Gasteiger partial charge in [0.25, 0.3) is 5.91 Å². The molecule has 0 radical (unpaired) electrons. The summed E-state index contributed by atoms with van der Waals surface area (Å²) in [5.74, 6) is -2.83.